The second-order valence-corrected chi connectivity index (χ2v) is 7.06. The van der Waals surface area contributed by atoms with Gasteiger partial charge in [0.1, 0.15) is 5.57 Å². The summed E-state index contributed by atoms with van der Waals surface area (Å²) in [6.07, 6.45) is 1.15. The summed E-state index contributed by atoms with van der Waals surface area (Å²) >= 11 is 12.2. The number of nitrogens with zero attached hydrogens (tertiary/aromatic N) is 1. The fourth-order valence-corrected chi connectivity index (χ4v) is 3.04. The van der Waals surface area contributed by atoms with Crippen LogP contribution in [0.5, 0.6) is 0 Å². The average Bonchev–Trinajstić information content (AvgIpc) is 2.75. The molecular weight excluding hydrogens is 441 g/mol. The minimum Gasteiger partial charge on any atom is -0.320 e. The van der Waals surface area contributed by atoms with E-state index in [1.165, 1.54) is 18.2 Å². The summed E-state index contributed by atoms with van der Waals surface area (Å²) in [5.41, 5.74) is 0.0395. The van der Waals surface area contributed by atoms with Crippen molar-refractivity contribution in [2.75, 3.05) is 10.6 Å². The molecule has 0 aliphatic heterocycles. The number of nitrogens with one attached hydrogen (secondary N) is 2. The topological polar surface area (TPSA) is 101 Å². The highest BCUT2D eigenvalue weighted by atomic mass is 35.5. The fourth-order valence-electron chi connectivity index (χ4n) is 2.67. The smallest absolute Gasteiger partial charge is 0.276 e. The van der Waals surface area contributed by atoms with Crippen molar-refractivity contribution < 1.29 is 14.5 Å². The van der Waals surface area contributed by atoms with Crippen LogP contribution in [-0.2, 0) is 9.59 Å². The zero-order valence-corrected chi connectivity index (χ0v) is 17.4. The molecule has 0 saturated carbocycles. The van der Waals surface area contributed by atoms with Gasteiger partial charge in [0.05, 0.1) is 31.9 Å². The van der Waals surface area contributed by atoms with Crippen molar-refractivity contribution in [3.05, 3.63) is 104 Å². The lowest BCUT2D eigenvalue weighted by molar-refractivity contribution is -0.385. The molecule has 3 aromatic rings. The van der Waals surface area contributed by atoms with Crippen molar-refractivity contribution in [3.63, 3.8) is 0 Å². The molecule has 0 bridgehead atoms. The van der Waals surface area contributed by atoms with Crippen LogP contribution in [0.25, 0.3) is 6.08 Å². The van der Waals surface area contributed by atoms with Gasteiger partial charge in [-0.15, -0.1) is 0 Å². The molecule has 9 heteroatoms. The number of carbonyl (C=O) groups excluding carboxylic acids is 2. The number of amides is 2. The molecule has 2 amide bonds. The minimum atomic E-state index is -0.796. The normalized spacial score (nSPS) is 10.1. The maximum absolute atomic E-state index is 13.0. The number of halogens is 2. The largest absolute Gasteiger partial charge is 0.320 e. The molecule has 0 unspecified atom stereocenters. The molecule has 0 aliphatic rings. The average molecular weight is 456 g/mol. The standard InChI is InChI=1S/C22H15Cl2N3O4/c23-16-8-2-4-10-18(16)25-21(28)15(13-14-7-1-6-12-20(14)27(30)31)22(29)26-19-11-5-3-9-17(19)24/h1-13H,(H,25,28)(H,26,29). The number of anilines is 2. The summed E-state index contributed by atoms with van der Waals surface area (Å²) in [7, 11) is 0. The van der Waals surface area contributed by atoms with E-state index in [4.69, 9.17) is 23.2 Å². The number of nitro benzene ring substituents is 1. The van der Waals surface area contributed by atoms with Crippen LogP contribution in [0.2, 0.25) is 10.0 Å². The molecular formula is C22H15Cl2N3O4. The first-order valence-corrected chi connectivity index (χ1v) is 9.69. The van der Waals surface area contributed by atoms with Crippen LogP contribution in [0.1, 0.15) is 5.56 Å². The quantitative estimate of drug-likeness (QED) is 0.167. The van der Waals surface area contributed by atoms with Gasteiger partial charge in [-0.1, -0.05) is 59.6 Å². The second-order valence-electron chi connectivity index (χ2n) is 6.24. The van der Waals surface area contributed by atoms with E-state index in [0.717, 1.165) is 6.08 Å². The summed E-state index contributed by atoms with van der Waals surface area (Å²) in [5, 5.41) is 17.0. The molecule has 3 aromatic carbocycles. The van der Waals surface area contributed by atoms with Gasteiger partial charge in [-0.05, 0) is 36.4 Å². The molecule has 0 heterocycles. The molecule has 0 aromatic heterocycles. The Labute approximate surface area is 187 Å². The van der Waals surface area contributed by atoms with E-state index in [1.807, 2.05) is 0 Å². The second kappa shape index (κ2) is 9.88. The number of para-hydroxylation sites is 3. The Hall–Kier alpha value is -3.68. The molecule has 0 saturated heterocycles. The van der Waals surface area contributed by atoms with Crippen LogP contribution >= 0.6 is 23.2 Å². The van der Waals surface area contributed by atoms with Crippen molar-refractivity contribution in [3.8, 4) is 0 Å². The lowest BCUT2D eigenvalue weighted by atomic mass is 10.1. The molecule has 7 nitrogen and oxygen atoms in total. The lowest BCUT2D eigenvalue weighted by Gasteiger charge is -2.12. The predicted molar refractivity (Wildman–Crippen MR) is 121 cm³/mol. The first-order valence-electron chi connectivity index (χ1n) is 8.93. The van der Waals surface area contributed by atoms with Crippen LogP contribution in [0.4, 0.5) is 17.1 Å². The van der Waals surface area contributed by atoms with Crippen LogP contribution < -0.4 is 10.6 Å². The van der Waals surface area contributed by atoms with E-state index in [0.29, 0.717) is 0 Å². The third-order valence-corrected chi connectivity index (χ3v) is 4.83. The number of hydrogen-bond acceptors (Lipinski definition) is 4. The Bertz CT molecular complexity index is 1130. The van der Waals surface area contributed by atoms with Crippen molar-refractivity contribution >= 4 is 58.2 Å². The van der Waals surface area contributed by atoms with E-state index in [2.05, 4.69) is 10.6 Å². The van der Waals surface area contributed by atoms with Gasteiger partial charge in [-0.3, -0.25) is 19.7 Å². The highest BCUT2D eigenvalue weighted by Gasteiger charge is 2.22. The highest BCUT2D eigenvalue weighted by Crippen LogP contribution is 2.26. The van der Waals surface area contributed by atoms with Gasteiger partial charge in [0.2, 0.25) is 0 Å². The predicted octanol–water partition coefficient (Wildman–Crippen LogP) is 5.56. The molecule has 0 aliphatic carbocycles. The van der Waals surface area contributed by atoms with E-state index < -0.39 is 16.7 Å². The molecule has 2 N–H and O–H groups in total. The Kier molecular flexibility index (Phi) is 7.02. The van der Waals surface area contributed by atoms with E-state index >= 15 is 0 Å². The number of hydrogen-bond donors (Lipinski definition) is 2. The Morgan fingerprint density at radius 2 is 1.23 bits per heavy atom. The Balaban J connectivity index is 2.02. The zero-order chi connectivity index (χ0) is 22.4. The van der Waals surface area contributed by atoms with E-state index in [9.17, 15) is 19.7 Å². The van der Waals surface area contributed by atoms with Crippen molar-refractivity contribution in [2.24, 2.45) is 0 Å². The lowest BCUT2D eigenvalue weighted by Crippen LogP contribution is -2.25. The molecule has 3 rings (SSSR count). The van der Waals surface area contributed by atoms with Crippen molar-refractivity contribution in [2.45, 2.75) is 0 Å². The van der Waals surface area contributed by atoms with E-state index in [1.54, 1.807) is 54.6 Å². The minimum absolute atomic E-state index is 0.0890. The zero-order valence-electron chi connectivity index (χ0n) is 15.8. The van der Waals surface area contributed by atoms with Crippen LogP contribution in [0.3, 0.4) is 0 Å². The van der Waals surface area contributed by atoms with Gasteiger partial charge in [-0.2, -0.15) is 0 Å². The van der Waals surface area contributed by atoms with Crippen LogP contribution in [0, 0.1) is 10.1 Å². The number of benzene rings is 3. The Morgan fingerprint density at radius 3 is 1.71 bits per heavy atom. The highest BCUT2D eigenvalue weighted by molar-refractivity contribution is 6.36. The maximum atomic E-state index is 13.0. The van der Waals surface area contributed by atoms with E-state index in [-0.39, 0.29) is 38.2 Å². The molecule has 0 spiro atoms. The fraction of sp³-hybridized carbons (Fsp3) is 0. The summed E-state index contributed by atoms with van der Waals surface area (Å²) in [4.78, 5) is 36.7. The van der Waals surface area contributed by atoms with Crippen LogP contribution in [0.15, 0.2) is 78.4 Å². The molecule has 156 valence electrons. The van der Waals surface area contributed by atoms with Gasteiger partial charge in [0.25, 0.3) is 17.5 Å². The van der Waals surface area contributed by atoms with Crippen LogP contribution in [-0.4, -0.2) is 16.7 Å². The number of rotatable bonds is 6. The van der Waals surface area contributed by atoms with Gasteiger partial charge < -0.3 is 10.6 Å². The third kappa shape index (κ3) is 5.48. The number of nitro groups is 1. The molecule has 0 fully saturated rings. The van der Waals surface area contributed by atoms with Crippen molar-refractivity contribution in [1.82, 2.24) is 0 Å². The summed E-state index contributed by atoms with van der Waals surface area (Å²) in [6, 6.07) is 18.7. The summed E-state index contributed by atoms with van der Waals surface area (Å²) in [5.74, 6) is -1.59. The van der Waals surface area contributed by atoms with Crippen molar-refractivity contribution in [1.29, 1.82) is 0 Å². The Morgan fingerprint density at radius 1 is 0.774 bits per heavy atom. The molecule has 0 atom stereocenters. The first-order chi connectivity index (χ1) is 14.9. The summed E-state index contributed by atoms with van der Waals surface area (Å²) in [6.45, 7) is 0. The monoisotopic (exact) mass is 455 g/mol. The number of carbonyl (C=O) groups is 2. The van der Waals surface area contributed by atoms with Gasteiger partial charge in [0.15, 0.2) is 0 Å². The molecule has 0 radical (unpaired) electrons. The molecule has 31 heavy (non-hydrogen) atoms. The van der Waals surface area contributed by atoms with Gasteiger partial charge in [-0.25, -0.2) is 0 Å². The third-order valence-electron chi connectivity index (χ3n) is 4.17. The maximum Gasteiger partial charge on any atom is 0.276 e. The first kappa shape index (κ1) is 22.0. The summed E-state index contributed by atoms with van der Waals surface area (Å²) < 4.78 is 0. The van der Waals surface area contributed by atoms with Gasteiger partial charge in [0, 0.05) is 6.07 Å². The van der Waals surface area contributed by atoms with Gasteiger partial charge >= 0.3 is 0 Å². The SMILES string of the molecule is O=C(Nc1ccccc1Cl)C(=Cc1ccccc1[N+](=O)[O-])C(=O)Nc1ccccc1Cl.